The Morgan fingerprint density at radius 2 is 1.95 bits per heavy atom. The minimum absolute atomic E-state index is 0.0869. The minimum Gasteiger partial charge on any atom is -0.508 e. The van der Waals surface area contributed by atoms with Gasteiger partial charge in [-0.2, -0.15) is 5.26 Å². The second kappa shape index (κ2) is 4.88. The molecule has 2 aromatic rings. The first-order valence-corrected chi connectivity index (χ1v) is 6.58. The number of rotatable bonds is 1. The van der Waals surface area contributed by atoms with Crippen molar-refractivity contribution in [2.24, 2.45) is 5.73 Å². The summed E-state index contributed by atoms with van der Waals surface area (Å²) in [5, 5.41) is 19.2. The van der Waals surface area contributed by atoms with Gasteiger partial charge in [0.1, 0.15) is 23.1 Å². The predicted molar refractivity (Wildman–Crippen MR) is 78.6 cm³/mol. The van der Waals surface area contributed by atoms with Gasteiger partial charge < -0.3 is 15.6 Å². The van der Waals surface area contributed by atoms with Crippen LogP contribution in [0.5, 0.6) is 11.5 Å². The summed E-state index contributed by atoms with van der Waals surface area (Å²) in [5.74, 6) is 0.425. The number of nitrogens with zero attached hydrogens (tertiary/aromatic N) is 1. The van der Waals surface area contributed by atoms with Crippen LogP contribution >= 0.6 is 0 Å². The van der Waals surface area contributed by atoms with E-state index in [2.05, 4.69) is 6.07 Å². The number of allylic oxidation sites excluding steroid dienone is 1. The van der Waals surface area contributed by atoms with Crippen LogP contribution in [0, 0.1) is 18.3 Å². The summed E-state index contributed by atoms with van der Waals surface area (Å²) in [6.07, 6.45) is 0. The lowest BCUT2D eigenvalue weighted by Gasteiger charge is -2.28. The highest BCUT2D eigenvalue weighted by molar-refractivity contribution is 5.59. The summed E-state index contributed by atoms with van der Waals surface area (Å²) in [5.41, 5.74) is 8.97. The van der Waals surface area contributed by atoms with Gasteiger partial charge in [-0.15, -0.1) is 0 Å². The number of fused-ring (bicyclic) bond motifs is 1. The van der Waals surface area contributed by atoms with Crippen LogP contribution in [0.4, 0.5) is 0 Å². The zero-order valence-electron chi connectivity index (χ0n) is 11.5. The number of phenols is 1. The Kier molecular flexibility index (Phi) is 3.03. The average Bonchev–Trinajstić information content (AvgIpc) is 2.46. The zero-order valence-corrected chi connectivity index (χ0v) is 11.5. The molecule has 1 atom stereocenters. The Hall–Kier alpha value is -2.93. The van der Waals surface area contributed by atoms with Crippen molar-refractivity contribution in [2.45, 2.75) is 12.8 Å². The fraction of sp³-hybridized carbons (Fsp3) is 0.118. The molecule has 0 aliphatic carbocycles. The standard InChI is InChI=1S/C17H14N2O2/c1-10-7-12(20)8-14-15(10)16(11-5-3-2-4-6-11)13(9-18)17(19)21-14/h2-8,16,20H,19H2,1H3. The molecular weight excluding hydrogens is 264 g/mol. The summed E-state index contributed by atoms with van der Waals surface area (Å²) in [6.45, 7) is 1.88. The van der Waals surface area contributed by atoms with Crippen molar-refractivity contribution in [2.75, 3.05) is 0 Å². The number of phenolic OH excluding ortho intramolecular Hbond substituents is 1. The van der Waals surface area contributed by atoms with E-state index in [1.165, 1.54) is 6.07 Å². The molecule has 0 saturated heterocycles. The van der Waals surface area contributed by atoms with Gasteiger partial charge in [0, 0.05) is 11.6 Å². The van der Waals surface area contributed by atoms with Crippen molar-refractivity contribution in [1.82, 2.24) is 0 Å². The quantitative estimate of drug-likeness (QED) is 0.840. The van der Waals surface area contributed by atoms with E-state index >= 15 is 0 Å². The molecule has 0 bridgehead atoms. The first-order valence-electron chi connectivity index (χ1n) is 6.58. The highest BCUT2D eigenvalue weighted by atomic mass is 16.5. The SMILES string of the molecule is Cc1cc(O)cc2c1C(c1ccccc1)C(C#N)=C(N)O2. The molecule has 4 heteroatoms. The van der Waals surface area contributed by atoms with E-state index in [-0.39, 0.29) is 17.6 Å². The zero-order chi connectivity index (χ0) is 15.0. The molecule has 0 saturated carbocycles. The maximum Gasteiger partial charge on any atom is 0.205 e. The van der Waals surface area contributed by atoms with Crippen LogP contribution < -0.4 is 10.5 Å². The van der Waals surface area contributed by atoms with Crippen molar-refractivity contribution < 1.29 is 9.84 Å². The Labute approximate surface area is 122 Å². The molecule has 0 amide bonds. The highest BCUT2D eigenvalue weighted by Gasteiger charge is 2.32. The maximum atomic E-state index is 9.73. The van der Waals surface area contributed by atoms with Gasteiger partial charge in [0.15, 0.2) is 0 Å². The molecule has 0 aromatic heterocycles. The normalized spacial score (nSPS) is 16.9. The molecule has 4 nitrogen and oxygen atoms in total. The topological polar surface area (TPSA) is 79.3 Å². The van der Waals surface area contributed by atoms with E-state index < -0.39 is 0 Å². The molecule has 1 aliphatic heterocycles. The van der Waals surface area contributed by atoms with Crippen LogP contribution in [0.2, 0.25) is 0 Å². The van der Waals surface area contributed by atoms with Crippen LogP contribution in [0.25, 0.3) is 0 Å². The van der Waals surface area contributed by atoms with Gasteiger partial charge in [-0.25, -0.2) is 0 Å². The highest BCUT2D eigenvalue weighted by Crippen LogP contribution is 2.44. The van der Waals surface area contributed by atoms with Crippen LogP contribution in [-0.2, 0) is 0 Å². The first-order chi connectivity index (χ1) is 10.1. The van der Waals surface area contributed by atoms with E-state index in [0.717, 1.165) is 16.7 Å². The number of hydrogen-bond donors (Lipinski definition) is 2. The molecule has 21 heavy (non-hydrogen) atoms. The average molecular weight is 278 g/mol. The van der Waals surface area contributed by atoms with Crippen LogP contribution in [0.15, 0.2) is 53.9 Å². The monoisotopic (exact) mass is 278 g/mol. The van der Waals surface area contributed by atoms with E-state index in [4.69, 9.17) is 10.5 Å². The molecule has 0 spiro atoms. The Morgan fingerprint density at radius 1 is 1.24 bits per heavy atom. The second-order valence-electron chi connectivity index (χ2n) is 5.01. The van der Waals surface area contributed by atoms with Gasteiger partial charge >= 0.3 is 0 Å². The lowest BCUT2D eigenvalue weighted by molar-refractivity contribution is 0.387. The largest absolute Gasteiger partial charge is 0.508 e. The van der Waals surface area contributed by atoms with Crippen LogP contribution in [0.3, 0.4) is 0 Å². The minimum atomic E-state index is -0.277. The molecule has 0 radical (unpaired) electrons. The number of ether oxygens (including phenoxy) is 1. The predicted octanol–water partition coefficient (Wildman–Crippen LogP) is 2.92. The Balaban J connectivity index is 2.29. The van der Waals surface area contributed by atoms with Crippen LogP contribution in [-0.4, -0.2) is 5.11 Å². The van der Waals surface area contributed by atoms with Gasteiger partial charge in [0.25, 0.3) is 0 Å². The van der Waals surface area contributed by atoms with Crippen molar-refractivity contribution in [3.63, 3.8) is 0 Å². The molecule has 3 N–H and O–H groups in total. The maximum absolute atomic E-state index is 9.73. The fourth-order valence-corrected chi connectivity index (χ4v) is 2.76. The molecule has 1 heterocycles. The van der Waals surface area contributed by atoms with Crippen molar-refractivity contribution in [3.05, 3.63) is 70.6 Å². The third-order valence-electron chi connectivity index (χ3n) is 3.65. The summed E-state index contributed by atoms with van der Waals surface area (Å²) in [7, 11) is 0. The van der Waals surface area contributed by atoms with E-state index in [1.807, 2.05) is 37.3 Å². The van der Waals surface area contributed by atoms with Gasteiger partial charge in [-0.05, 0) is 24.1 Å². The smallest absolute Gasteiger partial charge is 0.205 e. The lowest BCUT2D eigenvalue weighted by atomic mass is 9.81. The van der Waals surface area contributed by atoms with E-state index in [0.29, 0.717) is 11.3 Å². The van der Waals surface area contributed by atoms with Crippen molar-refractivity contribution in [3.8, 4) is 17.6 Å². The fourth-order valence-electron chi connectivity index (χ4n) is 2.76. The molecule has 104 valence electrons. The Bertz CT molecular complexity index is 773. The molecule has 1 unspecified atom stereocenters. The molecule has 2 aromatic carbocycles. The summed E-state index contributed by atoms with van der Waals surface area (Å²) in [6, 6.07) is 15.0. The van der Waals surface area contributed by atoms with E-state index in [1.54, 1.807) is 6.07 Å². The third-order valence-corrected chi connectivity index (χ3v) is 3.65. The van der Waals surface area contributed by atoms with Gasteiger partial charge in [0.2, 0.25) is 5.88 Å². The number of aromatic hydroxyl groups is 1. The summed E-state index contributed by atoms with van der Waals surface area (Å²) < 4.78 is 5.52. The number of hydrogen-bond acceptors (Lipinski definition) is 4. The molecular formula is C17H14N2O2. The number of benzene rings is 2. The molecule has 0 fully saturated rings. The van der Waals surface area contributed by atoms with Gasteiger partial charge in [-0.3, -0.25) is 0 Å². The molecule has 3 rings (SSSR count). The second-order valence-corrected chi connectivity index (χ2v) is 5.01. The van der Waals surface area contributed by atoms with Crippen molar-refractivity contribution in [1.29, 1.82) is 5.26 Å². The van der Waals surface area contributed by atoms with Crippen molar-refractivity contribution >= 4 is 0 Å². The Morgan fingerprint density at radius 3 is 2.62 bits per heavy atom. The van der Waals surface area contributed by atoms with E-state index in [9.17, 15) is 10.4 Å². The molecule has 1 aliphatic rings. The summed E-state index contributed by atoms with van der Waals surface area (Å²) in [4.78, 5) is 0. The third kappa shape index (κ3) is 2.09. The number of nitriles is 1. The van der Waals surface area contributed by atoms with Gasteiger partial charge in [-0.1, -0.05) is 30.3 Å². The first kappa shape index (κ1) is 13.1. The summed E-state index contributed by atoms with van der Waals surface area (Å²) >= 11 is 0. The number of aryl methyl sites for hydroxylation is 1. The van der Waals surface area contributed by atoms with Crippen LogP contribution in [0.1, 0.15) is 22.6 Å². The number of nitrogens with two attached hydrogens (primary N) is 1. The lowest BCUT2D eigenvalue weighted by Crippen LogP contribution is -2.21. The van der Waals surface area contributed by atoms with Gasteiger partial charge in [0.05, 0.1) is 5.92 Å².